The summed E-state index contributed by atoms with van der Waals surface area (Å²) in [5, 5.41) is 4.69. The number of para-hydroxylation sites is 4. The Bertz CT molecular complexity index is 3540. The zero-order valence-electron chi connectivity index (χ0n) is 33.6. The van der Waals surface area contributed by atoms with Crippen LogP contribution in [0.4, 0.5) is 0 Å². The predicted octanol–water partition coefficient (Wildman–Crippen LogP) is 14.4. The Labute approximate surface area is 358 Å². The summed E-state index contributed by atoms with van der Waals surface area (Å²) in [5.74, 6) is 1.88. The van der Waals surface area contributed by atoms with Gasteiger partial charge >= 0.3 is 0 Å². The van der Waals surface area contributed by atoms with E-state index in [1.165, 1.54) is 27.4 Å². The van der Waals surface area contributed by atoms with Crippen molar-refractivity contribution in [1.82, 2.24) is 24.1 Å². The van der Waals surface area contributed by atoms with Gasteiger partial charge in [-0.15, -0.1) is 0 Å². The number of hydrogen-bond acceptors (Lipinski definition) is 3. The van der Waals surface area contributed by atoms with Gasteiger partial charge in [0, 0.05) is 55.2 Å². The fraction of sp³-hybridized carbons (Fsp3) is 0. The Balaban J connectivity index is 1.14. The summed E-state index contributed by atoms with van der Waals surface area (Å²) >= 11 is 0. The van der Waals surface area contributed by atoms with E-state index >= 15 is 0 Å². The van der Waals surface area contributed by atoms with Crippen LogP contribution in [0.25, 0.3) is 111 Å². The second-order valence-corrected chi connectivity index (χ2v) is 15.6. The Morgan fingerprint density at radius 2 is 0.677 bits per heavy atom. The first-order chi connectivity index (χ1) is 30.8. The molecule has 0 aliphatic rings. The summed E-state index contributed by atoms with van der Waals surface area (Å²) in [6.45, 7) is 0. The minimum absolute atomic E-state index is 0.620. The van der Waals surface area contributed by atoms with Crippen LogP contribution in [0, 0.1) is 0 Å². The molecule has 0 N–H and O–H groups in total. The Morgan fingerprint density at radius 1 is 0.258 bits per heavy atom. The van der Waals surface area contributed by atoms with E-state index in [2.05, 4.69) is 197 Å². The fourth-order valence-electron chi connectivity index (χ4n) is 9.15. The lowest BCUT2D eigenvalue weighted by atomic mass is 9.98. The van der Waals surface area contributed by atoms with Crippen molar-refractivity contribution in [1.29, 1.82) is 0 Å². The molecule has 3 heterocycles. The largest absolute Gasteiger partial charge is 0.309 e. The summed E-state index contributed by atoms with van der Waals surface area (Å²) in [7, 11) is 0. The van der Waals surface area contributed by atoms with Gasteiger partial charge in [0.25, 0.3) is 0 Å². The number of nitrogens with zero attached hydrogens (tertiary/aromatic N) is 5. The molecule has 0 aliphatic carbocycles. The van der Waals surface area contributed by atoms with E-state index in [1.54, 1.807) is 0 Å². The predicted molar refractivity (Wildman–Crippen MR) is 256 cm³/mol. The summed E-state index contributed by atoms with van der Waals surface area (Å²) in [5.41, 5.74) is 14.2. The molecular formula is C57H37N5. The van der Waals surface area contributed by atoms with Crippen molar-refractivity contribution >= 4 is 43.6 Å². The zero-order chi connectivity index (χ0) is 41.0. The van der Waals surface area contributed by atoms with Gasteiger partial charge in [-0.2, -0.15) is 0 Å². The van der Waals surface area contributed by atoms with Crippen LogP contribution in [0.1, 0.15) is 0 Å². The minimum atomic E-state index is 0.620. The first-order valence-corrected chi connectivity index (χ1v) is 21.0. The molecule has 290 valence electrons. The number of benzene rings is 9. The quantitative estimate of drug-likeness (QED) is 0.162. The zero-order valence-corrected chi connectivity index (χ0v) is 33.6. The molecule has 0 radical (unpaired) electrons. The standard InChI is InChI=1S/C57H37N5/c1-6-18-38(19-7-1)41-32-34-51-49(36-41)50-37-42(33-35-52(50)61(51)43-24-12-4-13-25-43)45-28-16-29-46-47-30-17-31-48(54(47)62(53(45)46)44-26-14-5-15-27-44)57-59-55(39-20-8-2-9-21-39)58-56(60-57)40-22-10-3-11-23-40/h1-37H. The van der Waals surface area contributed by atoms with Crippen molar-refractivity contribution in [2.75, 3.05) is 0 Å². The van der Waals surface area contributed by atoms with Gasteiger partial charge in [0.1, 0.15) is 0 Å². The molecule has 5 heteroatoms. The molecular weight excluding hydrogens is 755 g/mol. The van der Waals surface area contributed by atoms with Gasteiger partial charge in [0.15, 0.2) is 17.5 Å². The topological polar surface area (TPSA) is 48.5 Å². The third-order valence-electron chi connectivity index (χ3n) is 12.0. The van der Waals surface area contributed by atoms with E-state index in [1.807, 2.05) is 36.4 Å². The highest BCUT2D eigenvalue weighted by molar-refractivity contribution is 6.18. The van der Waals surface area contributed by atoms with E-state index in [4.69, 9.17) is 15.0 Å². The summed E-state index contributed by atoms with van der Waals surface area (Å²) in [4.78, 5) is 15.4. The first-order valence-electron chi connectivity index (χ1n) is 21.0. The lowest BCUT2D eigenvalue weighted by Crippen LogP contribution is -2.02. The van der Waals surface area contributed by atoms with Crippen LogP contribution < -0.4 is 0 Å². The molecule has 0 aliphatic heterocycles. The van der Waals surface area contributed by atoms with Gasteiger partial charge in [-0.25, -0.2) is 15.0 Å². The number of rotatable bonds is 7. The van der Waals surface area contributed by atoms with Crippen LogP contribution in [0.5, 0.6) is 0 Å². The number of hydrogen-bond donors (Lipinski definition) is 0. The van der Waals surface area contributed by atoms with Crippen molar-refractivity contribution in [2.45, 2.75) is 0 Å². The van der Waals surface area contributed by atoms with Crippen LogP contribution in [0.3, 0.4) is 0 Å². The smallest absolute Gasteiger partial charge is 0.166 e. The Hall–Kier alpha value is -8.41. The molecule has 0 saturated carbocycles. The highest BCUT2D eigenvalue weighted by atomic mass is 15.0. The van der Waals surface area contributed by atoms with E-state index in [9.17, 15) is 0 Å². The lowest BCUT2D eigenvalue weighted by Gasteiger charge is -2.14. The molecule has 0 unspecified atom stereocenters. The molecule has 0 fully saturated rings. The average Bonchev–Trinajstić information content (AvgIpc) is 3.88. The van der Waals surface area contributed by atoms with Crippen LogP contribution in [-0.2, 0) is 0 Å². The SMILES string of the molecule is c1ccc(-c2ccc3c(c2)c2cc(-c4cccc5c6cccc(-c7nc(-c8ccccc8)nc(-c8ccccc8)n7)c6n(-c6ccccc6)c45)ccc2n3-c2ccccc2)cc1. The van der Waals surface area contributed by atoms with Gasteiger partial charge in [0.05, 0.1) is 22.1 Å². The molecule has 0 amide bonds. The highest BCUT2D eigenvalue weighted by Crippen LogP contribution is 2.43. The molecule has 9 aromatic carbocycles. The maximum Gasteiger partial charge on any atom is 0.166 e. The van der Waals surface area contributed by atoms with Crippen molar-refractivity contribution in [3.63, 3.8) is 0 Å². The highest BCUT2D eigenvalue weighted by Gasteiger charge is 2.23. The van der Waals surface area contributed by atoms with Crippen LogP contribution in [0.15, 0.2) is 224 Å². The van der Waals surface area contributed by atoms with E-state index in [-0.39, 0.29) is 0 Å². The molecule has 3 aromatic heterocycles. The Morgan fingerprint density at radius 3 is 1.23 bits per heavy atom. The molecule has 0 spiro atoms. The third-order valence-corrected chi connectivity index (χ3v) is 12.0. The molecule has 62 heavy (non-hydrogen) atoms. The molecule has 0 saturated heterocycles. The van der Waals surface area contributed by atoms with Gasteiger partial charge < -0.3 is 9.13 Å². The average molecular weight is 792 g/mol. The molecule has 5 nitrogen and oxygen atoms in total. The minimum Gasteiger partial charge on any atom is -0.309 e. The third kappa shape index (κ3) is 5.90. The van der Waals surface area contributed by atoms with Crippen molar-refractivity contribution < 1.29 is 0 Å². The van der Waals surface area contributed by atoms with Crippen molar-refractivity contribution in [3.05, 3.63) is 224 Å². The summed E-state index contributed by atoms with van der Waals surface area (Å²) < 4.78 is 4.80. The van der Waals surface area contributed by atoms with Crippen LogP contribution >= 0.6 is 0 Å². The number of fused-ring (bicyclic) bond motifs is 6. The first kappa shape index (κ1) is 35.5. The van der Waals surface area contributed by atoms with Crippen molar-refractivity contribution in [2.24, 2.45) is 0 Å². The van der Waals surface area contributed by atoms with Gasteiger partial charge in [-0.3, -0.25) is 0 Å². The van der Waals surface area contributed by atoms with Crippen LogP contribution in [0.2, 0.25) is 0 Å². The summed E-state index contributed by atoms with van der Waals surface area (Å²) in [6, 6.07) is 79.3. The van der Waals surface area contributed by atoms with Gasteiger partial charge in [0.2, 0.25) is 0 Å². The molecule has 0 bridgehead atoms. The van der Waals surface area contributed by atoms with Gasteiger partial charge in [-0.05, 0) is 71.3 Å². The molecule has 12 rings (SSSR count). The molecule has 0 atom stereocenters. The number of aromatic nitrogens is 5. The second-order valence-electron chi connectivity index (χ2n) is 15.6. The summed E-state index contributed by atoms with van der Waals surface area (Å²) in [6.07, 6.45) is 0. The monoisotopic (exact) mass is 791 g/mol. The van der Waals surface area contributed by atoms with E-state index < -0.39 is 0 Å². The van der Waals surface area contributed by atoms with Gasteiger partial charge in [-0.1, -0.05) is 170 Å². The maximum atomic E-state index is 5.22. The van der Waals surface area contributed by atoms with Crippen molar-refractivity contribution in [3.8, 4) is 67.8 Å². The van der Waals surface area contributed by atoms with E-state index in [0.29, 0.717) is 17.5 Å². The second kappa shape index (κ2) is 14.7. The Kier molecular flexibility index (Phi) is 8.42. The molecule has 12 aromatic rings. The fourth-order valence-corrected chi connectivity index (χ4v) is 9.15. The van der Waals surface area contributed by atoms with E-state index in [0.717, 1.165) is 66.5 Å². The normalized spacial score (nSPS) is 11.5. The lowest BCUT2D eigenvalue weighted by molar-refractivity contribution is 1.07. The maximum absolute atomic E-state index is 5.22. The van der Waals surface area contributed by atoms with Crippen LogP contribution in [-0.4, -0.2) is 24.1 Å².